The van der Waals surface area contributed by atoms with Crippen molar-refractivity contribution in [2.24, 2.45) is 0 Å². The molecule has 0 radical (unpaired) electrons. The van der Waals surface area contributed by atoms with Crippen molar-refractivity contribution in [2.45, 2.75) is 44.1 Å². The molecule has 1 atom stereocenters. The summed E-state index contributed by atoms with van der Waals surface area (Å²) in [5.41, 5.74) is 1.04. The molecule has 1 spiro atoms. The smallest absolute Gasteiger partial charge is 0.232 e. The number of carbonyl (C=O) groups is 2. The van der Waals surface area contributed by atoms with E-state index in [4.69, 9.17) is 0 Å². The van der Waals surface area contributed by atoms with Crippen molar-refractivity contribution in [1.82, 2.24) is 9.80 Å². The number of rotatable bonds is 5. The second kappa shape index (κ2) is 7.81. The van der Waals surface area contributed by atoms with E-state index in [-0.39, 0.29) is 23.3 Å². The van der Waals surface area contributed by atoms with E-state index in [0.717, 1.165) is 50.1 Å². The van der Waals surface area contributed by atoms with Gasteiger partial charge >= 0.3 is 0 Å². The molecule has 0 N–H and O–H groups in total. The van der Waals surface area contributed by atoms with E-state index in [1.807, 2.05) is 35.0 Å². The average molecular weight is 361 g/mol. The molecule has 136 valence electrons. The molecule has 2 amide bonds. The molecule has 4 nitrogen and oxygen atoms in total. The summed E-state index contributed by atoms with van der Waals surface area (Å²) in [6.07, 6.45) is 3.76. The zero-order chi connectivity index (χ0) is 17.9. The predicted octanol–water partition coefficient (Wildman–Crippen LogP) is 3.14. The molecule has 3 rings (SSSR count). The van der Waals surface area contributed by atoms with Crippen LogP contribution in [0.5, 0.6) is 0 Å². The highest BCUT2D eigenvalue weighted by Gasteiger charge is 2.50. The van der Waals surface area contributed by atoms with Gasteiger partial charge in [-0.2, -0.15) is 11.8 Å². The fourth-order valence-corrected chi connectivity index (χ4v) is 4.91. The molecule has 2 aliphatic rings. The highest BCUT2D eigenvalue weighted by Crippen LogP contribution is 2.44. The Kier molecular flexibility index (Phi) is 5.72. The molecule has 5 heteroatoms. The maximum Gasteiger partial charge on any atom is 0.232 e. The minimum absolute atomic E-state index is 0.0337. The van der Waals surface area contributed by atoms with Crippen LogP contribution in [0, 0.1) is 0 Å². The molecule has 25 heavy (non-hydrogen) atoms. The number of thioether (sulfide) groups is 1. The van der Waals surface area contributed by atoms with Crippen LogP contribution in [0.2, 0.25) is 0 Å². The number of amides is 2. The first-order valence-electron chi connectivity index (χ1n) is 9.25. The largest absolute Gasteiger partial charge is 0.342 e. The second-order valence-corrected chi connectivity index (χ2v) is 8.33. The van der Waals surface area contributed by atoms with Gasteiger partial charge in [0, 0.05) is 25.7 Å². The van der Waals surface area contributed by atoms with Crippen LogP contribution >= 0.6 is 11.8 Å². The van der Waals surface area contributed by atoms with E-state index >= 15 is 0 Å². The number of carbonyl (C=O) groups excluding carboxylic acids is 2. The van der Waals surface area contributed by atoms with Crippen molar-refractivity contribution >= 4 is 23.6 Å². The molecular weight excluding hydrogens is 332 g/mol. The topological polar surface area (TPSA) is 40.6 Å². The first kappa shape index (κ1) is 18.3. The summed E-state index contributed by atoms with van der Waals surface area (Å²) < 4.78 is 0. The lowest BCUT2D eigenvalue weighted by atomic mass is 9.81. The second-order valence-electron chi connectivity index (χ2n) is 7.22. The number of nitrogens with zero attached hydrogens (tertiary/aromatic N) is 2. The molecule has 0 saturated carbocycles. The van der Waals surface area contributed by atoms with Crippen molar-refractivity contribution in [3.63, 3.8) is 0 Å². The summed E-state index contributed by atoms with van der Waals surface area (Å²) in [4.78, 5) is 29.1. The fraction of sp³-hybridized carbons (Fsp3) is 0.600. The van der Waals surface area contributed by atoms with Gasteiger partial charge in [-0.05, 0) is 37.0 Å². The first-order chi connectivity index (χ1) is 12.1. The molecular formula is C20H28N2O2S. The van der Waals surface area contributed by atoms with Gasteiger partial charge in [-0.1, -0.05) is 37.3 Å². The molecule has 2 fully saturated rings. The SMILES string of the molecule is CCCSCC(=O)N1CCC2(CC1)C[C@@H](c1ccccc1)C(=O)N2C. The van der Waals surface area contributed by atoms with Crippen LogP contribution in [0.15, 0.2) is 30.3 Å². The van der Waals surface area contributed by atoms with Crippen LogP contribution in [-0.2, 0) is 9.59 Å². The van der Waals surface area contributed by atoms with Gasteiger partial charge in [-0.3, -0.25) is 9.59 Å². The maximum absolute atomic E-state index is 12.8. The zero-order valence-electron chi connectivity index (χ0n) is 15.2. The number of hydrogen-bond donors (Lipinski definition) is 0. The zero-order valence-corrected chi connectivity index (χ0v) is 16.1. The minimum Gasteiger partial charge on any atom is -0.342 e. The molecule has 2 heterocycles. The van der Waals surface area contributed by atoms with Crippen molar-refractivity contribution < 1.29 is 9.59 Å². The normalized spacial score (nSPS) is 22.6. The van der Waals surface area contributed by atoms with Gasteiger partial charge in [0.05, 0.1) is 11.7 Å². The van der Waals surface area contributed by atoms with Gasteiger partial charge in [-0.15, -0.1) is 0 Å². The Morgan fingerprint density at radius 3 is 2.56 bits per heavy atom. The Labute approximate surface area is 154 Å². The third kappa shape index (κ3) is 3.71. The lowest BCUT2D eigenvalue weighted by Gasteiger charge is -2.43. The van der Waals surface area contributed by atoms with Gasteiger partial charge in [0.25, 0.3) is 0 Å². The molecule has 0 unspecified atom stereocenters. The number of hydrogen-bond acceptors (Lipinski definition) is 3. The summed E-state index contributed by atoms with van der Waals surface area (Å²) >= 11 is 1.72. The highest BCUT2D eigenvalue weighted by atomic mass is 32.2. The quantitative estimate of drug-likeness (QED) is 0.758. The van der Waals surface area contributed by atoms with Gasteiger partial charge in [0.2, 0.25) is 11.8 Å². The summed E-state index contributed by atoms with van der Waals surface area (Å²) in [5.74, 6) is 2.07. The van der Waals surface area contributed by atoms with E-state index in [9.17, 15) is 9.59 Å². The van der Waals surface area contributed by atoms with Crippen LogP contribution in [0.1, 0.15) is 44.1 Å². The van der Waals surface area contributed by atoms with Crippen molar-refractivity contribution in [3.05, 3.63) is 35.9 Å². The standard InChI is InChI=1S/C20H28N2O2S/c1-3-13-25-15-18(23)22-11-9-20(10-12-22)14-17(19(24)21(20)2)16-7-5-4-6-8-16/h4-8,17H,3,9-15H2,1-2H3/t17-/m0/s1. The van der Waals surface area contributed by atoms with E-state index in [0.29, 0.717) is 5.75 Å². The molecule has 2 aliphatic heterocycles. The Bertz CT molecular complexity index is 611. The van der Waals surface area contributed by atoms with Crippen LogP contribution < -0.4 is 0 Å². The number of likely N-dealkylation sites (N-methyl/N-ethyl adjacent to an activating group) is 1. The lowest BCUT2D eigenvalue weighted by molar-refractivity contribution is -0.134. The monoisotopic (exact) mass is 360 g/mol. The molecule has 1 aromatic rings. The van der Waals surface area contributed by atoms with Gasteiger partial charge in [-0.25, -0.2) is 0 Å². The fourth-order valence-electron chi connectivity index (χ4n) is 4.12. The van der Waals surface area contributed by atoms with Crippen LogP contribution in [0.3, 0.4) is 0 Å². The Morgan fingerprint density at radius 1 is 1.24 bits per heavy atom. The van der Waals surface area contributed by atoms with Crippen molar-refractivity contribution in [1.29, 1.82) is 0 Å². The van der Waals surface area contributed by atoms with Crippen LogP contribution in [0.25, 0.3) is 0 Å². The Morgan fingerprint density at radius 2 is 1.92 bits per heavy atom. The van der Waals surface area contributed by atoms with Gasteiger partial charge < -0.3 is 9.80 Å². The van der Waals surface area contributed by atoms with Crippen LogP contribution in [-0.4, -0.2) is 58.8 Å². The highest BCUT2D eigenvalue weighted by molar-refractivity contribution is 7.99. The van der Waals surface area contributed by atoms with Crippen molar-refractivity contribution in [3.8, 4) is 0 Å². The third-order valence-electron chi connectivity index (χ3n) is 5.75. The van der Waals surface area contributed by atoms with Crippen LogP contribution in [0.4, 0.5) is 0 Å². The maximum atomic E-state index is 12.8. The van der Waals surface area contributed by atoms with E-state index in [2.05, 4.69) is 19.1 Å². The summed E-state index contributed by atoms with van der Waals surface area (Å²) in [7, 11) is 1.94. The van der Waals surface area contributed by atoms with Gasteiger partial charge in [0.15, 0.2) is 0 Å². The first-order valence-corrected chi connectivity index (χ1v) is 10.4. The van der Waals surface area contributed by atoms with E-state index in [1.54, 1.807) is 11.8 Å². The van der Waals surface area contributed by atoms with Gasteiger partial charge in [0.1, 0.15) is 0 Å². The Hall–Kier alpha value is -1.49. The molecule has 0 aliphatic carbocycles. The van der Waals surface area contributed by atoms with E-state index < -0.39 is 0 Å². The summed E-state index contributed by atoms with van der Waals surface area (Å²) in [6.45, 7) is 3.67. The molecule has 1 aromatic carbocycles. The van der Waals surface area contributed by atoms with Crippen molar-refractivity contribution in [2.75, 3.05) is 31.6 Å². The number of likely N-dealkylation sites (tertiary alicyclic amines) is 2. The molecule has 0 bridgehead atoms. The number of benzene rings is 1. The number of piperidine rings is 1. The lowest BCUT2D eigenvalue weighted by Crippen LogP contribution is -2.53. The third-order valence-corrected chi connectivity index (χ3v) is 6.90. The van der Waals surface area contributed by atoms with E-state index in [1.165, 1.54) is 0 Å². The predicted molar refractivity (Wildman–Crippen MR) is 103 cm³/mol. The minimum atomic E-state index is -0.0784. The summed E-state index contributed by atoms with van der Waals surface area (Å²) in [5, 5.41) is 0. The average Bonchev–Trinajstić information content (AvgIpc) is 2.88. The Balaban J connectivity index is 1.62. The molecule has 0 aromatic heterocycles. The summed E-state index contributed by atoms with van der Waals surface area (Å²) in [6, 6.07) is 10.1. The molecule has 2 saturated heterocycles.